The number of hydrogen-bond acceptors (Lipinski definition) is 6. The Morgan fingerprint density at radius 2 is 1.86 bits per heavy atom. The number of nitrogens with zero attached hydrogens (tertiary/aromatic N) is 1. The molecule has 2 aromatic rings. The van der Waals surface area contributed by atoms with Crippen LogP contribution in [0.2, 0.25) is 0 Å². The summed E-state index contributed by atoms with van der Waals surface area (Å²) in [6.07, 6.45) is 6.55. The summed E-state index contributed by atoms with van der Waals surface area (Å²) < 4.78 is 15.9. The van der Waals surface area contributed by atoms with Crippen LogP contribution in [0, 0.1) is 0 Å². The lowest BCUT2D eigenvalue weighted by Gasteiger charge is -2.33. The van der Waals surface area contributed by atoms with Gasteiger partial charge in [0.1, 0.15) is 11.8 Å². The quantitative estimate of drug-likeness (QED) is 0.478. The van der Waals surface area contributed by atoms with Crippen LogP contribution in [0.15, 0.2) is 47.1 Å². The second-order valence-corrected chi connectivity index (χ2v) is 8.49. The van der Waals surface area contributed by atoms with Crippen molar-refractivity contribution >= 4 is 17.7 Å². The first-order chi connectivity index (χ1) is 17.0. The summed E-state index contributed by atoms with van der Waals surface area (Å²) in [5.41, 5.74) is 0.656. The molecule has 1 saturated carbocycles. The molecule has 0 bridgehead atoms. The molecule has 1 aromatic heterocycles. The standard InChI is InChI=1S/C26H35N3O6/c1-3-34-21-13-11-19(12-14-21)24(26(32)28-20-8-5-4-6-9-20)29(15-17-33-2)23(30)18-27-25(31)22-10-7-16-35-22/h7,10-14,16,20,24H,3-6,8-9,15,17-18H2,1-2H3,(H,27,31)(H,28,32)/t24-/m0/s1. The van der Waals surface area contributed by atoms with E-state index in [0.29, 0.717) is 17.9 Å². The van der Waals surface area contributed by atoms with Crippen molar-refractivity contribution in [3.63, 3.8) is 0 Å². The molecule has 1 aliphatic carbocycles. The van der Waals surface area contributed by atoms with Gasteiger partial charge in [-0.15, -0.1) is 0 Å². The lowest BCUT2D eigenvalue weighted by atomic mass is 9.94. The number of methoxy groups -OCH3 is 1. The minimum atomic E-state index is -0.879. The van der Waals surface area contributed by atoms with E-state index in [0.717, 1.165) is 25.7 Å². The number of nitrogens with one attached hydrogen (secondary N) is 2. The van der Waals surface area contributed by atoms with E-state index in [-0.39, 0.29) is 37.4 Å². The van der Waals surface area contributed by atoms with Crippen LogP contribution in [-0.2, 0) is 14.3 Å². The fraction of sp³-hybridized carbons (Fsp3) is 0.500. The number of carbonyl (C=O) groups excluding carboxylic acids is 3. The van der Waals surface area contributed by atoms with Gasteiger partial charge < -0.3 is 29.4 Å². The lowest BCUT2D eigenvalue weighted by molar-refractivity contribution is -0.141. The Labute approximate surface area is 206 Å². The highest BCUT2D eigenvalue weighted by Crippen LogP contribution is 2.26. The zero-order valence-electron chi connectivity index (χ0n) is 20.5. The van der Waals surface area contributed by atoms with E-state index in [1.807, 2.05) is 6.92 Å². The normalized spacial score (nSPS) is 14.7. The van der Waals surface area contributed by atoms with Crippen LogP contribution in [0.4, 0.5) is 0 Å². The molecule has 0 aliphatic heterocycles. The van der Waals surface area contributed by atoms with Gasteiger partial charge >= 0.3 is 0 Å². The van der Waals surface area contributed by atoms with E-state index in [1.165, 1.54) is 30.8 Å². The molecule has 1 heterocycles. The second-order valence-electron chi connectivity index (χ2n) is 8.49. The van der Waals surface area contributed by atoms with Crippen LogP contribution in [-0.4, -0.2) is 62.1 Å². The van der Waals surface area contributed by atoms with Crippen molar-refractivity contribution in [1.82, 2.24) is 15.5 Å². The van der Waals surface area contributed by atoms with Crippen LogP contribution in [0.5, 0.6) is 5.75 Å². The molecule has 3 amide bonds. The monoisotopic (exact) mass is 485 g/mol. The first kappa shape index (κ1) is 26.3. The third-order valence-corrected chi connectivity index (χ3v) is 6.02. The largest absolute Gasteiger partial charge is 0.494 e. The molecule has 1 aliphatic rings. The molecule has 1 aromatic carbocycles. The summed E-state index contributed by atoms with van der Waals surface area (Å²) in [6, 6.07) is 9.49. The Morgan fingerprint density at radius 3 is 2.49 bits per heavy atom. The van der Waals surface area contributed by atoms with Gasteiger partial charge in [-0.1, -0.05) is 31.4 Å². The number of hydrogen-bond donors (Lipinski definition) is 2. The maximum Gasteiger partial charge on any atom is 0.287 e. The molecule has 190 valence electrons. The first-order valence-electron chi connectivity index (χ1n) is 12.2. The zero-order chi connectivity index (χ0) is 25.0. The van der Waals surface area contributed by atoms with Crippen molar-refractivity contribution in [2.45, 2.75) is 51.1 Å². The molecule has 0 unspecified atom stereocenters. The molecule has 1 fully saturated rings. The Bertz CT molecular complexity index is 939. The predicted molar refractivity (Wildman–Crippen MR) is 130 cm³/mol. The molecule has 35 heavy (non-hydrogen) atoms. The fourth-order valence-electron chi connectivity index (χ4n) is 4.25. The van der Waals surface area contributed by atoms with Crippen LogP contribution in [0.1, 0.15) is 61.2 Å². The van der Waals surface area contributed by atoms with Crippen LogP contribution in [0.3, 0.4) is 0 Å². The van der Waals surface area contributed by atoms with Gasteiger partial charge in [-0.2, -0.15) is 0 Å². The number of ether oxygens (including phenoxy) is 2. The molecule has 0 saturated heterocycles. The van der Waals surface area contributed by atoms with Crippen molar-refractivity contribution in [2.24, 2.45) is 0 Å². The maximum atomic E-state index is 13.6. The van der Waals surface area contributed by atoms with E-state index in [9.17, 15) is 14.4 Å². The Morgan fingerprint density at radius 1 is 1.11 bits per heavy atom. The highest BCUT2D eigenvalue weighted by molar-refractivity contribution is 5.95. The maximum absolute atomic E-state index is 13.6. The van der Waals surface area contributed by atoms with Gasteiger partial charge in [-0.3, -0.25) is 14.4 Å². The van der Waals surface area contributed by atoms with Gasteiger partial charge in [-0.05, 0) is 49.6 Å². The molecule has 1 atom stereocenters. The van der Waals surface area contributed by atoms with Gasteiger partial charge in [0.25, 0.3) is 5.91 Å². The zero-order valence-corrected chi connectivity index (χ0v) is 20.5. The number of benzene rings is 1. The highest BCUT2D eigenvalue weighted by Gasteiger charge is 2.33. The third kappa shape index (κ3) is 7.58. The molecule has 3 rings (SSSR count). The van der Waals surface area contributed by atoms with E-state index in [4.69, 9.17) is 13.9 Å². The van der Waals surface area contributed by atoms with Crippen molar-refractivity contribution < 1.29 is 28.3 Å². The van der Waals surface area contributed by atoms with Crippen LogP contribution < -0.4 is 15.4 Å². The average Bonchev–Trinajstić information content (AvgIpc) is 3.41. The van der Waals surface area contributed by atoms with E-state index >= 15 is 0 Å². The fourth-order valence-corrected chi connectivity index (χ4v) is 4.25. The molecule has 2 N–H and O–H groups in total. The summed E-state index contributed by atoms with van der Waals surface area (Å²) >= 11 is 0. The molecule has 0 radical (unpaired) electrons. The number of rotatable bonds is 12. The van der Waals surface area contributed by atoms with Crippen LogP contribution in [0.25, 0.3) is 0 Å². The SMILES string of the molecule is CCOc1ccc([C@@H](C(=O)NC2CCCCC2)N(CCOC)C(=O)CNC(=O)c2ccco2)cc1. The predicted octanol–water partition coefficient (Wildman–Crippen LogP) is 3.07. The Kier molecular flexibility index (Phi) is 10.2. The van der Waals surface area contributed by atoms with E-state index < -0.39 is 17.9 Å². The number of amides is 3. The van der Waals surface area contributed by atoms with Crippen molar-refractivity contribution in [3.05, 3.63) is 54.0 Å². The Hall–Kier alpha value is -3.33. The van der Waals surface area contributed by atoms with Crippen molar-refractivity contribution in [1.29, 1.82) is 0 Å². The smallest absolute Gasteiger partial charge is 0.287 e. The molecule has 9 nitrogen and oxygen atoms in total. The summed E-state index contributed by atoms with van der Waals surface area (Å²) in [6.45, 7) is 2.56. The topological polar surface area (TPSA) is 110 Å². The van der Waals surface area contributed by atoms with Crippen molar-refractivity contribution in [3.8, 4) is 5.75 Å². The van der Waals surface area contributed by atoms with E-state index in [1.54, 1.807) is 30.3 Å². The highest BCUT2D eigenvalue weighted by atomic mass is 16.5. The molecule has 9 heteroatoms. The molecular weight excluding hydrogens is 450 g/mol. The number of furan rings is 1. The number of carbonyl (C=O) groups is 3. The van der Waals surface area contributed by atoms with E-state index in [2.05, 4.69) is 10.6 Å². The molecule has 0 spiro atoms. The van der Waals surface area contributed by atoms with Crippen molar-refractivity contribution in [2.75, 3.05) is 33.4 Å². The summed E-state index contributed by atoms with van der Waals surface area (Å²) in [5.74, 6) is -0.357. The summed E-state index contributed by atoms with van der Waals surface area (Å²) in [5, 5.41) is 5.73. The van der Waals surface area contributed by atoms with Gasteiger partial charge in [0.05, 0.1) is 26.0 Å². The summed E-state index contributed by atoms with van der Waals surface area (Å²) in [4.78, 5) is 40.6. The van der Waals surface area contributed by atoms with Crippen LogP contribution >= 0.6 is 0 Å². The molecular formula is C26H35N3O6. The first-order valence-corrected chi connectivity index (χ1v) is 12.2. The van der Waals surface area contributed by atoms with Gasteiger partial charge in [0.2, 0.25) is 11.8 Å². The minimum absolute atomic E-state index is 0.0829. The van der Waals surface area contributed by atoms with Gasteiger partial charge in [0.15, 0.2) is 5.76 Å². The average molecular weight is 486 g/mol. The van der Waals surface area contributed by atoms with Gasteiger partial charge in [-0.25, -0.2) is 0 Å². The summed E-state index contributed by atoms with van der Waals surface area (Å²) in [7, 11) is 1.54. The Balaban J connectivity index is 1.83. The second kappa shape index (κ2) is 13.5. The lowest BCUT2D eigenvalue weighted by Crippen LogP contribution is -2.50. The minimum Gasteiger partial charge on any atom is -0.494 e. The van der Waals surface area contributed by atoms with Gasteiger partial charge in [0, 0.05) is 19.7 Å². The third-order valence-electron chi connectivity index (χ3n) is 6.02.